The van der Waals surface area contributed by atoms with Gasteiger partial charge in [0.25, 0.3) is 0 Å². The van der Waals surface area contributed by atoms with E-state index in [1.807, 2.05) is 13.0 Å². The Morgan fingerprint density at radius 1 is 0.929 bits per heavy atom. The topological polar surface area (TPSA) is 32.5 Å². The van der Waals surface area contributed by atoms with Gasteiger partial charge in [-0.1, -0.05) is 24.3 Å². The fourth-order valence-electron chi connectivity index (χ4n) is 4.63. The Morgan fingerprint density at radius 3 is 2.39 bits per heavy atom. The molecule has 0 spiro atoms. The maximum absolute atomic E-state index is 6.35. The molecule has 0 radical (unpaired) electrons. The highest BCUT2D eigenvalue weighted by molar-refractivity contribution is 6.10. The molecule has 1 aliphatic heterocycles. The van der Waals surface area contributed by atoms with Gasteiger partial charge in [-0.3, -0.25) is 0 Å². The number of anilines is 3. The highest BCUT2D eigenvalue weighted by atomic mass is 16.3. The maximum atomic E-state index is 6.35. The number of hydrogen-bond donors (Lipinski definition) is 0. The van der Waals surface area contributed by atoms with Crippen LogP contribution in [-0.2, 0) is 0 Å². The average Bonchev–Trinajstić information content (AvgIpc) is 3.16. The molecule has 0 fully saturated rings. The first-order valence-electron chi connectivity index (χ1n) is 9.93. The fourth-order valence-corrected chi connectivity index (χ4v) is 4.63. The monoisotopic (exact) mass is 371 g/mol. The Morgan fingerprint density at radius 2 is 1.64 bits per heavy atom. The molecule has 3 heterocycles. The molecule has 142 valence electrons. The van der Waals surface area contributed by atoms with Gasteiger partial charge in [0.05, 0.1) is 17.1 Å². The summed E-state index contributed by atoms with van der Waals surface area (Å²) >= 11 is 0. The number of benzene rings is 2. The average molecular weight is 371 g/mol. The Labute approximate surface area is 165 Å². The Hall–Kier alpha value is -3.01. The molecule has 0 saturated carbocycles. The van der Waals surface area contributed by atoms with Crippen LogP contribution in [0.2, 0.25) is 0 Å². The lowest BCUT2D eigenvalue weighted by molar-refractivity contribution is 0.601. The third-order valence-corrected chi connectivity index (χ3v) is 5.81. The third-order valence-electron chi connectivity index (χ3n) is 5.81. The van der Waals surface area contributed by atoms with Crippen LogP contribution in [0.25, 0.3) is 22.1 Å². The number of nitrogens with zero attached hydrogens (tertiary/aromatic N) is 3. The minimum Gasteiger partial charge on any atom is -0.435 e. The molecule has 4 aromatic rings. The first-order valence-corrected chi connectivity index (χ1v) is 9.93. The van der Waals surface area contributed by atoms with E-state index in [1.54, 1.807) is 0 Å². The van der Waals surface area contributed by atoms with Crippen LogP contribution in [0.3, 0.4) is 0 Å². The van der Waals surface area contributed by atoms with E-state index in [9.17, 15) is 0 Å². The lowest BCUT2D eigenvalue weighted by Crippen LogP contribution is -2.42. The zero-order chi connectivity index (χ0) is 19.6. The predicted molar refractivity (Wildman–Crippen MR) is 117 cm³/mol. The van der Waals surface area contributed by atoms with E-state index >= 15 is 0 Å². The first-order chi connectivity index (χ1) is 13.5. The Bertz CT molecular complexity index is 1210. The van der Waals surface area contributed by atoms with E-state index in [1.165, 1.54) is 16.9 Å². The number of aryl methyl sites for hydroxylation is 2. The molecular formula is C24H25N3O. The van der Waals surface area contributed by atoms with Gasteiger partial charge in [-0.15, -0.1) is 0 Å². The molecule has 1 atom stereocenters. The summed E-state index contributed by atoms with van der Waals surface area (Å²) in [5, 5.41) is 2.19. The van der Waals surface area contributed by atoms with Crippen LogP contribution in [0.5, 0.6) is 0 Å². The summed E-state index contributed by atoms with van der Waals surface area (Å²) in [4.78, 5) is 9.51. The van der Waals surface area contributed by atoms with Crippen LogP contribution in [0, 0.1) is 13.8 Å². The maximum Gasteiger partial charge on any atom is 0.227 e. The molecule has 0 aliphatic carbocycles. The van der Waals surface area contributed by atoms with Gasteiger partial charge in [0.15, 0.2) is 5.58 Å². The second kappa shape index (κ2) is 5.99. The van der Waals surface area contributed by atoms with E-state index in [-0.39, 0.29) is 6.17 Å². The van der Waals surface area contributed by atoms with Crippen molar-refractivity contribution < 1.29 is 4.42 Å². The summed E-state index contributed by atoms with van der Waals surface area (Å²) in [6.45, 7) is 10.9. The highest BCUT2D eigenvalue weighted by Gasteiger charge is 2.37. The molecule has 0 saturated heterocycles. The molecule has 2 aromatic carbocycles. The molecular weight excluding hydrogens is 346 g/mol. The van der Waals surface area contributed by atoms with Crippen molar-refractivity contribution in [2.75, 3.05) is 9.80 Å². The Balaban J connectivity index is 1.82. The summed E-state index contributed by atoms with van der Waals surface area (Å²) in [6.07, 6.45) is 0.199. The van der Waals surface area contributed by atoms with Gasteiger partial charge in [0.1, 0.15) is 6.17 Å². The highest BCUT2D eigenvalue weighted by Crippen LogP contribution is 2.48. The van der Waals surface area contributed by atoms with Crippen molar-refractivity contribution in [3.05, 3.63) is 59.8 Å². The summed E-state index contributed by atoms with van der Waals surface area (Å²) < 4.78 is 6.35. The SMILES string of the molecule is Cc1ccc2c(n1)oc1c(N3c4ccccc4N(C(C)C)C3C)c(C)ccc12. The smallest absolute Gasteiger partial charge is 0.227 e. The molecule has 0 amide bonds. The molecule has 2 aromatic heterocycles. The summed E-state index contributed by atoms with van der Waals surface area (Å²) in [5.74, 6) is 0. The largest absolute Gasteiger partial charge is 0.435 e. The van der Waals surface area contributed by atoms with E-state index in [2.05, 4.69) is 84.9 Å². The second-order valence-corrected chi connectivity index (χ2v) is 8.01. The number of hydrogen-bond acceptors (Lipinski definition) is 4. The molecule has 28 heavy (non-hydrogen) atoms. The summed E-state index contributed by atoms with van der Waals surface area (Å²) in [7, 11) is 0. The molecule has 1 unspecified atom stereocenters. The number of fused-ring (bicyclic) bond motifs is 4. The molecule has 5 rings (SSSR count). The van der Waals surface area contributed by atoms with Crippen LogP contribution in [0.15, 0.2) is 52.9 Å². The predicted octanol–water partition coefficient (Wildman–Crippen LogP) is 6.31. The standard InChI is InChI=1S/C24H25N3O/c1-14(2)26-17(5)27(21-9-7-6-8-20(21)26)22-15(3)10-12-18-19-13-11-16(4)25-24(19)28-23(18)22/h6-14,17H,1-5H3. The van der Waals surface area contributed by atoms with Gasteiger partial charge in [0, 0.05) is 22.5 Å². The van der Waals surface area contributed by atoms with Crippen LogP contribution < -0.4 is 9.80 Å². The molecule has 0 bridgehead atoms. The summed E-state index contributed by atoms with van der Waals surface area (Å²) in [6, 6.07) is 17.6. The van der Waals surface area contributed by atoms with Crippen LogP contribution in [-0.4, -0.2) is 17.2 Å². The van der Waals surface area contributed by atoms with E-state index in [0.29, 0.717) is 11.8 Å². The Kier molecular flexibility index (Phi) is 3.66. The minimum absolute atomic E-state index is 0.199. The van der Waals surface area contributed by atoms with Crippen LogP contribution in [0.4, 0.5) is 17.1 Å². The van der Waals surface area contributed by atoms with Gasteiger partial charge >= 0.3 is 0 Å². The lowest BCUT2D eigenvalue weighted by atomic mass is 10.1. The van der Waals surface area contributed by atoms with Gasteiger partial charge < -0.3 is 14.2 Å². The van der Waals surface area contributed by atoms with Crippen molar-refractivity contribution in [3.8, 4) is 0 Å². The van der Waals surface area contributed by atoms with E-state index in [4.69, 9.17) is 4.42 Å². The van der Waals surface area contributed by atoms with Gasteiger partial charge in [-0.05, 0) is 64.4 Å². The fraction of sp³-hybridized carbons (Fsp3) is 0.292. The lowest BCUT2D eigenvalue weighted by Gasteiger charge is -2.33. The van der Waals surface area contributed by atoms with E-state index < -0.39 is 0 Å². The first kappa shape index (κ1) is 17.1. The molecule has 0 N–H and O–H groups in total. The number of rotatable bonds is 2. The second-order valence-electron chi connectivity index (χ2n) is 8.01. The van der Waals surface area contributed by atoms with Crippen molar-refractivity contribution >= 4 is 39.1 Å². The van der Waals surface area contributed by atoms with Gasteiger partial charge in [-0.2, -0.15) is 0 Å². The number of furan rings is 1. The van der Waals surface area contributed by atoms with Gasteiger partial charge in [0.2, 0.25) is 5.71 Å². The normalized spacial score (nSPS) is 16.6. The third kappa shape index (κ3) is 2.27. The van der Waals surface area contributed by atoms with Crippen molar-refractivity contribution in [2.24, 2.45) is 0 Å². The van der Waals surface area contributed by atoms with Crippen molar-refractivity contribution in [1.29, 1.82) is 0 Å². The molecule has 4 heteroatoms. The van der Waals surface area contributed by atoms with Crippen LogP contribution in [0.1, 0.15) is 32.0 Å². The zero-order valence-electron chi connectivity index (χ0n) is 17.0. The quantitative estimate of drug-likeness (QED) is 0.413. The number of aromatic nitrogens is 1. The minimum atomic E-state index is 0.199. The number of pyridine rings is 1. The van der Waals surface area contributed by atoms with Crippen molar-refractivity contribution in [1.82, 2.24) is 4.98 Å². The van der Waals surface area contributed by atoms with Crippen molar-refractivity contribution in [3.63, 3.8) is 0 Å². The van der Waals surface area contributed by atoms with Crippen LogP contribution >= 0.6 is 0 Å². The van der Waals surface area contributed by atoms with Crippen molar-refractivity contribution in [2.45, 2.75) is 46.8 Å². The molecule has 4 nitrogen and oxygen atoms in total. The summed E-state index contributed by atoms with van der Waals surface area (Å²) in [5.41, 5.74) is 7.43. The number of para-hydroxylation sites is 2. The van der Waals surface area contributed by atoms with E-state index in [0.717, 1.165) is 27.7 Å². The van der Waals surface area contributed by atoms with Gasteiger partial charge in [-0.25, -0.2) is 4.98 Å². The zero-order valence-corrected chi connectivity index (χ0v) is 17.0. The molecule has 1 aliphatic rings.